The van der Waals surface area contributed by atoms with Gasteiger partial charge in [-0.05, 0) is 37.0 Å². The molecule has 0 aromatic heterocycles. The van der Waals surface area contributed by atoms with Crippen LogP contribution in [0.4, 0.5) is 0 Å². The zero-order valence-corrected chi connectivity index (χ0v) is 12.8. The van der Waals surface area contributed by atoms with Gasteiger partial charge in [-0.3, -0.25) is 4.79 Å². The minimum absolute atomic E-state index is 0.00119. The minimum atomic E-state index is -0.812. The van der Waals surface area contributed by atoms with Crippen LogP contribution in [0.2, 0.25) is 0 Å². The van der Waals surface area contributed by atoms with Gasteiger partial charge >= 0.3 is 5.97 Å². The number of aliphatic carboxylic acids is 1. The molecule has 1 rings (SSSR count). The number of aryl methyl sites for hydroxylation is 2. The first-order valence-electron chi connectivity index (χ1n) is 7.23. The molecule has 1 aromatic carbocycles. The lowest BCUT2D eigenvalue weighted by Crippen LogP contribution is -2.35. The van der Waals surface area contributed by atoms with Crippen LogP contribution in [0.5, 0.6) is 0 Å². The predicted molar refractivity (Wildman–Crippen MR) is 81.6 cm³/mol. The Morgan fingerprint density at radius 3 is 2.67 bits per heavy atom. The van der Waals surface area contributed by atoms with Crippen LogP contribution in [-0.2, 0) is 16.0 Å². The summed E-state index contributed by atoms with van der Waals surface area (Å²) in [5.74, 6) is -0.812. The van der Waals surface area contributed by atoms with E-state index in [1.165, 1.54) is 11.1 Å². The maximum atomic E-state index is 11.0. The van der Waals surface area contributed by atoms with E-state index < -0.39 is 5.97 Å². The van der Waals surface area contributed by atoms with E-state index in [1.807, 2.05) is 6.07 Å². The minimum Gasteiger partial charge on any atom is -0.481 e. The number of carboxylic acid groups (broad SMARTS) is 1. The third-order valence-corrected chi connectivity index (χ3v) is 3.39. The van der Waals surface area contributed by atoms with Crippen LogP contribution in [0.1, 0.15) is 23.1 Å². The Hall–Kier alpha value is -1.43. The molecule has 118 valence electrons. The zero-order valence-electron chi connectivity index (χ0n) is 12.8. The molecule has 0 aliphatic carbocycles. The SMILES string of the molecule is Cc1ccc(CC(CC(=O)O)NCCOCCO)cc1C. The smallest absolute Gasteiger partial charge is 0.304 e. The van der Waals surface area contributed by atoms with Gasteiger partial charge in [0, 0.05) is 12.6 Å². The molecule has 0 amide bonds. The van der Waals surface area contributed by atoms with Crippen LogP contribution in [0.25, 0.3) is 0 Å². The van der Waals surface area contributed by atoms with Crippen LogP contribution >= 0.6 is 0 Å². The molecule has 5 nitrogen and oxygen atoms in total. The molecule has 3 N–H and O–H groups in total. The number of hydrogen-bond donors (Lipinski definition) is 3. The second kappa shape index (κ2) is 9.50. The Morgan fingerprint density at radius 2 is 2.05 bits per heavy atom. The molecular weight excluding hydrogens is 270 g/mol. The number of hydrogen-bond acceptors (Lipinski definition) is 4. The van der Waals surface area contributed by atoms with E-state index in [4.69, 9.17) is 14.9 Å². The summed E-state index contributed by atoms with van der Waals surface area (Å²) >= 11 is 0. The van der Waals surface area contributed by atoms with Crippen LogP contribution in [-0.4, -0.2) is 48.6 Å². The highest BCUT2D eigenvalue weighted by Crippen LogP contribution is 2.12. The van der Waals surface area contributed by atoms with E-state index in [0.717, 1.165) is 5.56 Å². The molecule has 0 saturated carbocycles. The van der Waals surface area contributed by atoms with Gasteiger partial charge in [0.25, 0.3) is 0 Å². The summed E-state index contributed by atoms with van der Waals surface area (Å²) in [6, 6.07) is 6.09. The second-order valence-corrected chi connectivity index (χ2v) is 5.21. The fourth-order valence-corrected chi connectivity index (χ4v) is 2.14. The van der Waals surface area contributed by atoms with Crippen LogP contribution in [0.15, 0.2) is 18.2 Å². The molecule has 5 heteroatoms. The van der Waals surface area contributed by atoms with E-state index in [-0.39, 0.29) is 19.1 Å². The van der Waals surface area contributed by atoms with Crippen molar-refractivity contribution in [3.63, 3.8) is 0 Å². The molecule has 0 fully saturated rings. The summed E-state index contributed by atoms with van der Waals surface area (Å²) in [5, 5.41) is 20.8. The Morgan fingerprint density at radius 1 is 1.29 bits per heavy atom. The first kappa shape index (κ1) is 17.6. The molecule has 0 aliphatic heterocycles. The standard InChI is InChI=1S/C16H25NO4/c1-12-3-4-14(9-13(12)2)10-15(11-16(19)20)17-5-7-21-8-6-18/h3-4,9,15,17-18H,5-8,10-11H2,1-2H3,(H,19,20). The van der Waals surface area contributed by atoms with Crippen LogP contribution in [0, 0.1) is 13.8 Å². The molecule has 0 saturated heterocycles. The number of carboxylic acids is 1. The van der Waals surface area contributed by atoms with Gasteiger partial charge in [0.2, 0.25) is 0 Å². The highest BCUT2D eigenvalue weighted by Gasteiger charge is 2.13. The van der Waals surface area contributed by atoms with E-state index >= 15 is 0 Å². The normalized spacial score (nSPS) is 12.3. The summed E-state index contributed by atoms with van der Waals surface area (Å²) in [6.45, 7) is 5.46. The zero-order chi connectivity index (χ0) is 15.7. The topological polar surface area (TPSA) is 78.8 Å². The van der Waals surface area contributed by atoms with Gasteiger partial charge in [0.05, 0.1) is 26.2 Å². The first-order valence-corrected chi connectivity index (χ1v) is 7.23. The van der Waals surface area contributed by atoms with Crippen LogP contribution < -0.4 is 5.32 Å². The van der Waals surface area contributed by atoms with Crippen molar-refractivity contribution in [1.29, 1.82) is 0 Å². The van der Waals surface area contributed by atoms with Crippen molar-refractivity contribution in [1.82, 2.24) is 5.32 Å². The summed E-state index contributed by atoms with van der Waals surface area (Å²) in [5.41, 5.74) is 3.58. The van der Waals surface area contributed by atoms with E-state index in [0.29, 0.717) is 26.2 Å². The number of rotatable bonds is 10. The summed E-state index contributed by atoms with van der Waals surface area (Å²) < 4.78 is 5.16. The van der Waals surface area contributed by atoms with Gasteiger partial charge in [-0.25, -0.2) is 0 Å². The monoisotopic (exact) mass is 295 g/mol. The van der Waals surface area contributed by atoms with Crippen molar-refractivity contribution in [2.75, 3.05) is 26.4 Å². The fourth-order valence-electron chi connectivity index (χ4n) is 2.14. The quantitative estimate of drug-likeness (QED) is 0.567. The largest absolute Gasteiger partial charge is 0.481 e. The van der Waals surface area contributed by atoms with Crippen molar-refractivity contribution >= 4 is 5.97 Å². The van der Waals surface area contributed by atoms with Gasteiger partial charge < -0.3 is 20.3 Å². The van der Waals surface area contributed by atoms with Crippen molar-refractivity contribution in [3.05, 3.63) is 34.9 Å². The lowest BCUT2D eigenvalue weighted by molar-refractivity contribution is -0.137. The van der Waals surface area contributed by atoms with Gasteiger partial charge in [0.1, 0.15) is 0 Å². The van der Waals surface area contributed by atoms with E-state index in [9.17, 15) is 4.79 Å². The number of aliphatic hydroxyl groups is 1. The molecule has 1 atom stereocenters. The molecule has 0 heterocycles. The molecule has 0 bridgehead atoms. The van der Waals surface area contributed by atoms with Crippen LogP contribution in [0.3, 0.4) is 0 Å². The third kappa shape index (κ3) is 7.22. The van der Waals surface area contributed by atoms with Crippen molar-refractivity contribution in [3.8, 4) is 0 Å². The summed E-state index contributed by atoms with van der Waals surface area (Å²) in [7, 11) is 0. The lowest BCUT2D eigenvalue weighted by atomic mass is 9.99. The Kier molecular flexibility index (Phi) is 7.97. The van der Waals surface area contributed by atoms with Gasteiger partial charge in [-0.1, -0.05) is 18.2 Å². The molecule has 21 heavy (non-hydrogen) atoms. The van der Waals surface area contributed by atoms with Gasteiger partial charge in [0.15, 0.2) is 0 Å². The maximum Gasteiger partial charge on any atom is 0.304 e. The second-order valence-electron chi connectivity index (χ2n) is 5.21. The molecule has 1 unspecified atom stereocenters. The Labute approximate surface area is 125 Å². The number of aliphatic hydroxyl groups excluding tert-OH is 1. The Bertz CT molecular complexity index is 448. The lowest BCUT2D eigenvalue weighted by Gasteiger charge is -2.17. The Balaban J connectivity index is 2.52. The molecule has 0 aliphatic rings. The summed E-state index contributed by atoms with van der Waals surface area (Å²) in [4.78, 5) is 11.0. The van der Waals surface area contributed by atoms with Crippen molar-refractivity contribution < 1.29 is 19.7 Å². The molecule has 0 spiro atoms. The van der Waals surface area contributed by atoms with E-state index in [2.05, 4.69) is 31.3 Å². The predicted octanol–water partition coefficient (Wildman–Crippen LogP) is 1.29. The summed E-state index contributed by atoms with van der Waals surface area (Å²) in [6.07, 6.45) is 0.750. The van der Waals surface area contributed by atoms with Gasteiger partial charge in [-0.2, -0.15) is 0 Å². The van der Waals surface area contributed by atoms with Crippen molar-refractivity contribution in [2.24, 2.45) is 0 Å². The molecule has 1 aromatic rings. The van der Waals surface area contributed by atoms with E-state index in [1.54, 1.807) is 0 Å². The average Bonchev–Trinajstić information content (AvgIpc) is 2.42. The fraction of sp³-hybridized carbons (Fsp3) is 0.562. The number of nitrogens with one attached hydrogen (secondary N) is 1. The molecular formula is C16H25NO4. The highest BCUT2D eigenvalue weighted by molar-refractivity contribution is 5.67. The maximum absolute atomic E-state index is 11.0. The van der Waals surface area contributed by atoms with Crippen molar-refractivity contribution in [2.45, 2.75) is 32.7 Å². The first-order chi connectivity index (χ1) is 10.0. The number of benzene rings is 1. The highest BCUT2D eigenvalue weighted by atomic mass is 16.5. The number of carbonyl (C=O) groups is 1. The molecule has 0 radical (unpaired) electrons. The number of ether oxygens (including phenoxy) is 1. The average molecular weight is 295 g/mol. The third-order valence-electron chi connectivity index (χ3n) is 3.39. The van der Waals surface area contributed by atoms with Gasteiger partial charge in [-0.15, -0.1) is 0 Å².